The van der Waals surface area contributed by atoms with E-state index >= 15 is 0 Å². The van der Waals surface area contributed by atoms with Gasteiger partial charge in [-0.05, 0) is 74.1 Å². The molecule has 0 aliphatic heterocycles. The molecule has 0 fully saturated rings. The second-order valence-electron chi connectivity index (χ2n) is 9.20. The van der Waals surface area contributed by atoms with Gasteiger partial charge in [0.2, 0.25) is 0 Å². The first-order chi connectivity index (χ1) is 17.0. The number of benzene rings is 3. The number of hydrogen-bond donors (Lipinski definition) is 1. The minimum Gasteiger partial charge on any atom is -0.494 e. The molecular weight excluding hydrogens is 434 g/mol. The molecule has 0 saturated carbocycles. The molecule has 4 aromatic rings. The van der Waals surface area contributed by atoms with Crippen molar-refractivity contribution in [1.82, 2.24) is 14.9 Å². The third kappa shape index (κ3) is 5.73. The van der Waals surface area contributed by atoms with E-state index in [1.54, 1.807) is 0 Å². The van der Waals surface area contributed by atoms with E-state index in [1.165, 1.54) is 5.56 Å². The van der Waals surface area contributed by atoms with Crippen LogP contribution in [0.3, 0.4) is 0 Å². The summed E-state index contributed by atoms with van der Waals surface area (Å²) >= 11 is 0. The highest BCUT2D eigenvalue weighted by atomic mass is 16.5. The lowest BCUT2D eigenvalue weighted by Gasteiger charge is -2.17. The normalized spacial score (nSPS) is 12.9. The van der Waals surface area contributed by atoms with Crippen molar-refractivity contribution in [3.63, 3.8) is 0 Å². The first kappa shape index (κ1) is 24.5. The predicted molar refractivity (Wildman–Crippen MR) is 142 cm³/mol. The van der Waals surface area contributed by atoms with Gasteiger partial charge in [0.05, 0.1) is 23.7 Å². The van der Waals surface area contributed by atoms with Gasteiger partial charge < -0.3 is 14.6 Å². The topological polar surface area (TPSA) is 56.1 Å². The van der Waals surface area contributed by atoms with Gasteiger partial charge in [-0.2, -0.15) is 0 Å². The van der Waals surface area contributed by atoms with Gasteiger partial charge in [-0.25, -0.2) is 4.98 Å². The van der Waals surface area contributed by atoms with Crippen LogP contribution in [0, 0.1) is 6.92 Å². The van der Waals surface area contributed by atoms with Crippen molar-refractivity contribution in [2.45, 2.75) is 59.0 Å². The molecule has 5 nitrogen and oxygen atoms in total. The van der Waals surface area contributed by atoms with E-state index in [2.05, 4.69) is 54.1 Å². The van der Waals surface area contributed by atoms with E-state index in [-0.39, 0.29) is 11.9 Å². The smallest absolute Gasteiger partial charge is 0.252 e. The zero-order valence-electron chi connectivity index (χ0n) is 21.1. The summed E-state index contributed by atoms with van der Waals surface area (Å²) in [4.78, 5) is 17.8. The maximum atomic E-state index is 12.9. The molecule has 1 aromatic heterocycles. The standard InChI is InChI=1S/C30H35N3O2/c1-5-21(2)24-15-17-25(18-16-24)35-20-10-19-33-28-14-9-8-13-27(28)32-29(33)23(4)31-30(34)26-12-7-6-11-22(26)3/h6-9,11-18,21,23H,5,10,19-20H2,1-4H3,(H,31,34). The lowest BCUT2D eigenvalue weighted by atomic mass is 9.99. The number of fused-ring (bicyclic) bond motifs is 1. The summed E-state index contributed by atoms with van der Waals surface area (Å²) in [6.45, 7) is 9.76. The van der Waals surface area contributed by atoms with E-state index in [4.69, 9.17) is 9.72 Å². The largest absolute Gasteiger partial charge is 0.494 e. The lowest BCUT2D eigenvalue weighted by Crippen LogP contribution is -2.29. The SMILES string of the molecule is CCC(C)c1ccc(OCCCn2c(C(C)NC(=O)c3ccccc3C)nc3ccccc32)cc1. The molecule has 3 aromatic carbocycles. The van der Waals surface area contributed by atoms with Crippen molar-refractivity contribution < 1.29 is 9.53 Å². The van der Waals surface area contributed by atoms with Crippen LogP contribution in [0.1, 0.15) is 72.9 Å². The van der Waals surface area contributed by atoms with Crippen molar-refractivity contribution in [2.24, 2.45) is 0 Å². The van der Waals surface area contributed by atoms with Crippen molar-refractivity contribution in [1.29, 1.82) is 0 Å². The van der Waals surface area contributed by atoms with Gasteiger partial charge in [-0.1, -0.05) is 56.3 Å². The number of ether oxygens (including phenoxy) is 1. The van der Waals surface area contributed by atoms with Gasteiger partial charge in [0.25, 0.3) is 5.91 Å². The Morgan fingerprint density at radius 2 is 1.71 bits per heavy atom. The van der Waals surface area contributed by atoms with E-state index in [1.807, 2.05) is 56.3 Å². The van der Waals surface area contributed by atoms with Gasteiger partial charge >= 0.3 is 0 Å². The Morgan fingerprint density at radius 3 is 2.46 bits per heavy atom. The van der Waals surface area contributed by atoms with Gasteiger partial charge in [-0.15, -0.1) is 0 Å². The highest BCUT2D eigenvalue weighted by Gasteiger charge is 2.19. The van der Waals surface area contributed by atoms with E-state index in [0.717, 1.165) is 47.6 Å². The first-order valence-corrected chi connectivity index (χ1v) is 12.5. The molecule has 0 aliphatic rings. The molecule has 5 heteroatoms. The molecule has 1 amide bonds. The predicted octanol–water partition coefficient (Wildman–Crippen LogP) is 6.82. The summed E-state index contributed by atoms with van der Waals surface area (Å²) in [6, 6.07) is 23.9. The second kappa shape index (κ2) is 11.2. The zero-order valence-corrected chi connectivity index (χ0v) is 21.1. The van der Waals surface area contributed by atoms with Crippen molar-refractivity contribution in [3.05, 3.63) is 95.3 Å². The number of rotatable bonds is 10. The summed E-state index contributed by atoms with van der Waals surface area (Å²) in [6.07, 6.45) is 1.96. The number of carbonyl (C=O) groups excluding carboxylic acids is 1. The van der Waals surface area contributed by atoms with Crippen molar-refractivity contribution in [2.75, 3.05) is 6.61 Å². The fourth-order valence-electron chi connectivity index (χ4n) is 4.37. The van der Waals surface area contributed by atoms with Crippen LogP contribution in [0.15, 0.2) is 72.8 Å². The second-order valence-corrected chi connectivity index (χ2v) is 9.20. The third-order valence-corrected chi connectivity index (χ3v) is 6.66. The molecule has 1 heterocycles. The minimum atomic E-state index is -0.233. The van der Waals surface area contributed by atoms with Crippen LogP contribution in [0.4, 0.5) is 0 Å². The number of nitrogens with zero attached hydrogens (tertiary/aromatic N) is 2. The Hall–Kier alpha value is -3.60. The first-order valence-electron chi connectivity index (χ1n) is 12.5. The number of carbonyl (C=O) groups is 1. The number of para-hydroxylation sites is 2. The summed E-state index contributed by atoms with van der Waals surface area (Å²) in [5.74, 6) is 2.22. The molecule has 1 N–H and O–H groups in total. The van der Waals surface area contributed by atoms with E-state index in [0.29, 0.717) is 18.1 Å². The number of nitrogens with one attached hydrogen (secondary N) is 1. The molecule has 35 heavy (non-hydrogen) atoms. The Morgan fingerprint density at radius 1 is 1.00 bits per heavy atom. The summed E-state index contributed by atoms with van der Waals surface area (Å²) < 4.78 is 8.22. The number of amides is 1. The fourth-order valence-corrected chi connectivity index (χ4v) is 4.37. The molecule has 0 spiro atoms. The highest BCUT2D eigenvalue weighted by molar-refractivity contribution is 5.95. The van der Waals surface area contributed by atoms with Crippen LogP contribution in [0.25, 0.3) is 11.0 Å². The monoisotopic (exact) mass is 469 g/mol. The zero-order chi connectivity index (χ0) is 24.8. The van der Waals surface area contributed by atoms with Gasteiger partial charge in [0, 0.05) is 12.1 Å². The Bertz CT molecular complexity index is 1280. The van der Waals surface area contributed by atoms with Crippen LogP contribution in [-0.2, 0) is 6.54 Å². The van der Waals surface area contributed by atoms with E-state index in [9.17, 15) is 4.79 Å². The Labute approximate surface area is 208 Å². The maximum Gasteiger partial charge on any atom is 0.252 e. The van der Waals surface area contributed by atoms with E-state index < -0.39 is 0 Å². The van der Waals surface area contributed by atoms with Crippen LogP contribution in [-0.4, -0.2) is 22.1 Å². The molecule has 0 bridgehead atoms. The van der Waals surface area contributed by atoms with Crippen LogP contribution in [0.5, 0.6) is 5.75 Å². The molecule has 0 aliphatic carbocycles. The third-order valence-electron chi connectivity index (χ3n) is 6.66. The molecular formula is C30H35N3O2. The lowest BCUT2D eigenvalue weighted by molar-refractivity contribution is 0.0937. The maximum absolute atomic E-state index is 12.9. The molecule has 4 rings (SSSR count). The van der Waals surface area contributed by atoms with Crippen molar-refractivity contribution in [3.8, 4) is 5.75 Å². The average Bonchev–Trinajstić information content (AvgIpc) is 3.25. The summed E-state index contributed by atoms with van der Waals surface area (Å²) in [5, 5.41) is 3.14. The fraction of sp³-hybridized carbons (Fsp3) is 0.333. The minimum absolute atomic E-state index is 0.0848. The van der Waals surface area contributed by atoms with Gasteiger partial charge in [0.1, 0.15) is 11.6 Å². The Balaban J connectivity index is 1.44. The van der Waals surface area contributed by atoms with Crippen LogP contribution in [0.2, 0.25) is 0 Å². The molecule has 2 atom stereocenters. The molecule has 182 valence electrons. The summed E-state index contributed by atoms with van der Waals surface area (Å²) in [5.41, 5.74) is 4.99. The highest BCUT2D eigenvalue weighted by Crippen LogP contribution is 2.23. The number of aryl methyl sites for hydroxylation is 2. The molecule has 2 unspecified atom stereocenters. The van der Waals surface area contributed by atoms with Crippen molar-refractivity contribution >= 4 is 16.9 Å². The van der Waals surface area contributed by atoms with Gasteiger partial charge in [-0.3, -0.25) is 4.79 Å². The number of imidazole rings is 1. The quantitative estimate of drug-likeness (QED) is 0.259. The number of hydrogen-bond acceptors (Lipinski definition) is 3. The van der Waals surface area contributed by atoms with Crippen LogP contribution >= 0.6 is 0 Å². The molecule has 0 radical (unpaired) electrons. The number of aromatic nitrogens is 2. The Kier molecular flexibility index (Phi) is 7.86. The van der Waals surface area contributed by atoms with Crippen LogP contribution < -0.4 is 10.1 Å². The summed E-state index contributed by atoms with van der Waals surface area (Å²) in [7, 11) is 0. The molecule has 0 saturated heterocycles. The average molecular weight is 470 g/mol. The van der Waals surface area contributed by atoms with Gasteiger partial charge in [0.15, 0.2) is 0 Å².